The molecular formula is C22H25N3O3. The Balaban J connectivity index is 1.53. The van der Waals surface area contributed by atoms with Gasteiger partial charge in [-0.3, -0.25) is 14.4 Å². The zero-order valence-corrected chi connectivity index (χ0v) is 16.1. The van der Waals surface area contributed by atoms with Crippen molar-refractivity contribution >= 4 is 29.1 Å². The van der Waals surface area contributed by atoms with Crippen molar-refractivity contribution in [2.24, 2.45) is 11.8 Å². The first-order valence-electron chi connectivity index (χ1n) is 9.51. The number of nitrogens with one attached hydrogen (secondary N) is 3. The Morgan fingerprint density at radius 1 is 0.964 bits per heavy atom. The van der Waals surface area contributed by atoms with Crippen LogP contribution in [-0.2, 0) is 16.1 Å². The molecule has 0 radical (unpaired) electrons. The minimum atomic E-state index is -0.198. The fourth-order valence-corrected chi connectivity index (χ4v) is 2.62. The van der Waals surface area contributed by atoms with E-state index in [1.165, 1.54) is 0 Å². The highest BCUT2D eigenvalue weighted by atomic mass is 16.2. The van der Waals surface area contributed by atoms with Crippen LogP contribution < -0.4 is 16.0 Å². The summed E-state index contributed by atoms with van der Waals surface area (Å²) in [4.78, 5) is 35.9. The minimum absolute atomic E-state index is 0.0432. The van der Waals surface area contributed by atoms with E-state index in [2.05, 4.69) is 16.0 Å². The largest absolute Gasteiger partial charge is 0.348 e. The summed E-state index contributed by atoms with van der Waals surface area (Å²) in [7, 11) is 0. The first kappa shape index (κ1) is 19.6. The lowest BCUT2D eigenvalue weighted by Crippen LogP contribution is -2.23. The summed E-state index contributed by atoms with van der Waals surface area (Å²) in [5.41, 5.74) is 2.82. The molecule has 0 aromatic heterocycles. The summed E-state index contributed by atoms with van der Waals surface area (Å²) in [5, 5.41) is 8.57. The molecule has 3 N–H and O–H groups in total. The number of benzene rings is 2. The summed E-state index contributed by atoms with van der Waals surface area (Å²) < 4.78 is 0. The van der Waals surface area contributed by atoms with Gasteiger partial charge in [0, 0.05) is 35.3 Å². The average molecular weight is 379 g/mol. The van der Waals surface area contributed by atoms with E-state index in [9.17, 15) is 14.4 Å². The Morgan fingerprint density at radius 2 is 1.68 bits per heavy atom. The van der Waals surface area contributed by atoms with E-state index < -0.39 is 0 Å². The molecule has 0 spiro atoms. The van der Waals surface area contributed by atoms with Crippen LogP contribution in [0.25, 0.3) is 0 Å². The second-order valence-electron chi connectivity index (χ2n) is 7.37. The smallest absolute Gasteiger partial charge is 0.251 e. The molecule has 1 aliphatic carbocycles. The lowest BCUT2D eigenvalue weighted by molar-refractivity contribution is -0.119. The van der Waals surface area contributed by atoms with E-state index in [4.69, 9.17) is 0 Å². The number of rotatable bonds is 7. The van der Waals surface area contributed by atoms with Crippen LogP contribution in [0, 0.1) is 11.8 Å². The van der Waals surface area contributed by atoms with Gasteiger partial charge in [0.25, 0.3) is 5.91 Å². The van der Waals surface area contributed by atoms with Crippen molar-refractivity contribution in [1.29, 1.82) is 0 Å². The zero-order valence-electron chi connectivity index (χ0n) is 16.1. The Hall–Kier alpha value is -3.15. The summed E-state index contributed by atoms with van der Waals surface area (Å²) in [5.74, 6) is -0.155. The highest BCUT2D eigenvalue weighted by molar-refractivity contribution is 5.97. The third-order valence-electron chi connectivity index (χ3n) is 4.53. The van der Waals surface area contributed by atoms with Gasteiger partial charge in [0.15, 0.2) is 0 Å². The van der Waals surface area contributed by atoms with Gasteiger partial charge < -0.3 is 16.0 Å². The van der Waals surface area contributed by atoms with E-state index in [0.717, 1.165) is 18.4 Å². The zero-order chi connectivity index (χ0) is 20.1. The van der Waals surface area contributed by atoms with Crippen molar-refractivity contribution in [3.63, 3.8) is 0 Å². The predicted molar refractivity (Wildman–Crippen MR) is 109 cm³/mol. The first-order chi connectivity index (χ1) is 13.4. The Morgan fingerprint density at radius 3 is 2.32 bits per heavy atom. The van der Waals surface area contributed by atoms with E-state index in [-0.39, 0.29) is 29.6 Å². The molecule has 0 saturated heterocycles. The molecule has 0 atom stereocenters. The lowest BCUT2D eigenvalue weighted by Gasteiger charge is -2.10. The SMILES string of the molecule is CC(C)C(=O)Nc1cccc(CNC(=O)c2ccc(NC(=O)C3CC3)cc2)c1. The molecule has 1 aliphatic rings. The highest BCUT2D eigenvalue weighted by Crippen LogP contribution is 2.30. The molecule has 6 heteroatoms. The van der Waals surface area contributed by atoms with E-state index in [0.29, 0.717) is 23.5 Å². The Kier molecular flexibility index (Phi) is 6.09. The van der Waals surface area contributed by atoms with Gasteiger partial charge in [-0.15, -0.1) is 0 Å². The van der Waals surface area contributed by atoms with Gasteiger partial charge in [-0.25, -0.2) is 0 Å². The molecule has 1 saturated carbocycles. The Bertz CT molecular complexity index is 871. The summed E-state index contributed by atoms with van der Waals surface area (Å²) in [6.07, 6.45) is 1.91. The topological polar surface area (TPSA) is 87.3 Å². The second kappa shape index (κ2) is 8.69. The quantitative estimate of drug-likeness (QED) is 0.687. The molecule has 6 nitrogen and oxygen atoms in total. The highest BCUT2D eigenvalue weighted by Gasteiger charge is 2.29. The number of anilines is 2. The normalized spacial score (nSPS) is 13.1. The van der Waals surface area contributed by atoms with Crippen LogP contribution in [0.15, 0.2) is 48.5 Å². The molecule has 2 aromatic carbocycles. The molecule has 146 valence electrons. The average Bonchev–Trinajstić information content (AvgIpc) is 3.52. The fraction of sp³-hybridized carbons (Fsp3) is 0.318. The van der Waals surface area contributed by atoms with Crippen LogP contribution in [0.3, 0.4) is 0 Å². The molecule has 0 heterocycles. The van der Waals surface area contributed by atoms with E-state index in [1.54, 1.807) is 24.3 Å². The van der Waals surface area contributed by atoms with Gasteiger partial charge in [0.1, 0.15) is 0 Å². The molecule has 3 amide bonds. The van der Waals surface area contributed by atoms with Crippen molar-refractivity contribution in [2.45, 2.75) is 33.2 Å². The number of carbonyl (C=O) groups is 3. The van der Waals surface area contributed by atoms with Crippen LogP contribution in [0.4, 0.5) is 11.4 Å². The number of hydrogen-bond acceptors (Lipinski definition) is 3. The maximum Gasteiger partial charge on any atom is 0.251 e. The second-order valence-corrected chi connectivity index (χ2v) is 7.37. The van der Waals surface area contributed by atoms with Crippen LogP contribution in [0.2, 0.25) is 0 Å². The predicted octanol–water partition coefficient (Wildman–Crippen LogP) is 3.56. The van der Waals surface area contributed by atoms with E-state index >= 15 is 0 Å². The third-order valence-corrected chi connectivity index (χ3v) is 4.53. The van der Waals surface area contributed by atoms with Gasteiger partial charge in [0.2, 0.25) is 11.8 Å². The van der Waals surface area contributed by atoms with E-state index in [1.807, 2.05) is 38.1 Å². The maximum atomic E-state index is 12.4. The fourth-order valence-electron chi connectivity index (χ4n) is 2.62. The monoisotopic (exact) mass is 379 g/mol. The number of carbonyl (C=O) groups excluding carboxylic acids is 3. The van der Waals surface area contributed by atoms with Crippen molar-refractivity contribution < 1.29 is 14.4 Å². The summed E-state index contributed by atoms with van der Waals surface area (Å²) >= 11 is 0. The molecule has 28 heavy (non-hydrogen) atoms. The van der Waals surface area contributed by atoms with Crippen LogP contribution >= 0.6 is 0 Å². The Labute approximate surface area is 164 Å². The molecule has 0 bridgehead atoms. The number of amides is 3. The molecule has 2 aromatic rings. The standard InChI is InChI=1S/C22H25N3O3/c1-14(2)20(26)25-19-5-3-4-15(12-19)13-23-21(27)16-8-10-18(11-9-16)24-22(28)17-6-7-17/h3-5,8-12,14,17H,6-7,13H2,1-2H3,(H,23,27)(H,24,28)(H,25,26). The maximum absolute atomic E-state index is 12.4. The van der Waals surface area contributed by atoms with Crippen molar-refractivity contribution in [3.05, 3.63) is 59.7 Å². The van der Waals surface area contributed by atoms with Gasteiger partial charge in [0.05, 0.1) is 0 Å². The molecular weight excluding hydrogens is 354 g/mol. The lowest BCUT2D eigenvalue weighted by atomic mass is 10.1. The van der Waals surface area contributed by atoms with Gasteiger partial charge in [-0.05, 0) is 54.8 Å². The molecule has 0 aliphatic heterocycles. The summed E-state index contributed by atoms with van der Waals surface area (Å²) in [6.45, 7) is 4.02. The van der Waals surface area contributed by atoms with Gasteiger partial charge in [-0.1, -0.05) is 26.0 Å². The third kappa shape index (κ3) is 5.42. The van der Waals surface area contributed by atoms with Gasteiger partial charge >= 0.3 is 0 Å². The minimum Gasteiger partial charge on any atom is -0.348 e. The molecule has 3 rings (SSSR count). The molecule has 0 unspecified atom stereocenters. The van der Waals surface area contributed by atoms with Crippen LogP contribution in [0.5, 0.6) is 0 Å². The van der Waals surface area contributed by atoms with Crippen molar-refractivity contribution in [3.8, 4) is 0 Å². The number of hydrogen-bond donors (Lipinski definition) is 3. The van der Waals surface area contributed by atoms with Crippen LogP contribution in [0.1, 0.15) is 42.6 Å². The molecule has 1 fully saturated rings. The van der Waals surface area contributed by atoms with Crippen LogP contribution in [-0.4, -0.2) is 17.7 Å². The van der Waals surface area contributed by atoms with Crippen molar-refractivity contribution in [2.75, 3.05) is 10.6 Å². The first-order valence-corrected chi connectivity index (χ1v) is 9.51. The summed E-state index contributed by atoms with van der Waals surface area (Å²) in [6, 6.07) is 14.2. The van der Waals surface area contributed by atoms with Crippen molar-refractivity contribution in [1.82, 2.24) is 5.32 Å². The van der Waals surface area contributed by atoms with Gasteiger partial charge in [-0.2, -0.15) is 0 Å².